The van der Waals surface area contributed by atoms with E-state index < -0.39 is 4.92 Å². The van der Waals surface area contributed by atoms with Crippen molar-refractivity contribution in [3.63, 3.8) is 0 Å². The van der Waals surface area contributed by atoms with Gasteiger partial charge in [-0.15, -0.1) is 12.4 Å². The molecule has 0 spiro atoms. The molecule has 0 bridgehead atoms. The van der Waals surface area contributed by atoms with Crippen LogP contribution < -0.4 is 15.4 Å². The monoisotopic (exact) mass is 343 g/mol. The van der Waals surface area contributed by atoms with Gasteiger partial charge >= 0.3 is 5.69 Å². The Bertz CT molecular complexity index is 562. The van der Waals surface area contributed by atoms with Crippen LogP contribution in [0, 0.1) is 16.0 Å². The lowest BCUT2D eigenvalue weighted by molar-refractivity contribution is -0.385. The molecule has 1 aromatic rings. The van der Waals surface area contributed by atoms with Gasteiger partial charge in [-0.3, -0.25) is 14.9 Å². The maximum Gasteiger partial charge on any atom is 0.310 e. The van der Waals surface area contributed by atoms with Gasteiger partial charge in [-0.25, -0.2) is 0 Å². The summed E-state index contributed by atoms with van der Waals surface area (Å²) in [5.74, 6) is 0.244. The molecule has 128 valence electrons. The minimum Gasteiger partial charge on any atom is -0.490 e. The Kier molecular flexibility index (Phi) is 7.25. The molecule has 8 heteroatoms. The summed E-state index contributed by atoms with van der Waals surface area (Å²) in [5.41, 5.74) is 0.210. The number of methoxy groups -OCH3 is 1. The minimum atomic E-state index is -0.531. The first-order valence-corrected chi connectivity index (χ1v) is 7.37. The number of rotatable bonds is 5. The van der Waals surface area contributed by atoms with Gasteiger partial charge in [0.05, 0.1) is 12.0 Å². The van der Waals surface area contributed by atoms with Crippen LogP contribution >= 0.6 is 12.4 Å². The molecule has 1 heterocycles. The van der Waals surface area contributed by atoms with Gasteiger partial charge in [-0.2, -0.15) is 0 Å². The van der Waals surface area contributed by atoms with E-state index in [9.17, 15) is 14.9 Å². The van der Waals surface area contributed by atoms with Crippen molar-refractivity contribution >= 4 is 24.0 Å². The van der Waals surface area contributed by atoms with Crippen LogP contribution in [0.2, 0.25) is 0 Å². The summed E-state index contributed by atoms with van der Waals surface area (Å²) < 4.78 is 4.99. The molecule has 0 radical (unpaired) electrons. The summed E-state index contributed by atoms with van der Waals surface area (Å²) in [6, 6.07) is 4.18. The molecule has 1 amide bonds. The van der Waals surface area contributed by atoms with Crippen LogP contribution in [-0.4, -0.2) is 37.1 Å². The molecule has 2 atom stereocenters. The Hall–Kier alpha value is -1.86. The predicted octanol–water partition coefficient (Wildman–Crippen LogP) is 2.14. The molecule has 0 saturated carbocycles. The van der Waals surface area contributed by atoms with Crippen LogP contribution in [0.15, 0.2) is 18.2 Å². The molecule has 1 aliphatic rings. The van der Waals surface area contributed by atoms with Crippen molar-refractivity contribution in [3.05, 3.63) is 33.9 Å². The van der Waals surface area contributed by atoms with Crippen LogP contribution in [0.25, 0.3) is 0 Å². The van der Waals surface area contributed by atoms with Crippen LogP contribution in [0.5, 0.6) is 5.75 Å². The average molecular weight is 344 g/mol. The normalized spacial score (nSPS) is 18.4. The molecule has 23 heavy (non-hydrogen) atoms. The number of nitro groups is 1. The first-order chi connectivity index (χ1) is 10.5. The number of ether oxygens (including phenoxy) is 1. The predicted molar refractivity (Wildman–Crippen MR) is 89.4 cm³/mol. The average Bonchev–Trinajstić information content (AvgIpc) is 2.54. The second-order valence-electron chi connectivity index (χ2n) is 5.51. The number of amides is 1. The maximum atomic E-state index is 12.3. The number of benzene rings is 1. The van der Waals surface area contributed by atoms with Crippen molar-refractivity contribution in [2.24, 2.45) is 5.92 Å². The standard InChI is InChI=1S/C15H21N3O4.ClH/c1-10(12-4-3-7-16-9-12)17-15(19)11-5-6-13(18(20)21)14(8-11)22-2;/h5-6,8,10,12,16H,3-4,7,9H2,1-2H3,(H,17,19);1H. The largest absolute Gasteiger partial charge is 0.490 e. The van der Waals surface area contributed by atoms with Gasteiger partial charge in [0, 0.05) is 23.7 Å². The lowest BCUT2D eigenvalue weighted by Crippen LogP contribution is -2.44. The number of nitro benzene ring substituents is 1. The van der Waals surface area contributed by atoms with Crippen LogP contribution in [-0.2, 0) is 0 Å². The van der Waals surface area contributed by atoms with Crippen molar-refractivity contribution in [1.29, 1.82) is 0 Å². The maximum absolute atomic E-state index is 12.3. The molecular weight excluding hydrogens is 322 g/mol. The Morgan fingerprint density at radius 3 is 2.83 bits per heavy atom. The van der Waals surface area contributed by atoms with E-state index in [0.29, 0.717) is 11.5 Å². The van der Waals surface area contributed by atoms with Crippen LogP contribution in [0.4, 0.5) is 5.69 Å². The summed E-state index contributed by atoms with van der Waals surface area (Å²) >= 11 is 0. The zero-order valence-corrected chi connectivity index (χ0v) is 14.0. The van der Waals surface area contributed by atoms with Crippen molar-refractivity contribution in [2.75, 3.05) is 20.2 Å². The van der Waals surface area contributed by atoms with E-state index in [-0.39, 0.29) is 35.8 Å². The van der Waals surface area contributed by atoms with E-state index >= 15 is 0 Å². The molecule has 2 N–H and O–H groups in total. The zero-order valence-electron chi connectivity index (χ0n) is 13.2. The fraction of sp³-hybridized carbons (Fsp3) is 0.533. The van der Waals surface area contributed by atoms with Gasteiger partial charge < -0.3 is 15.4 Å². The molecule has 1 fully saturated rings. The first kappa shape index (κ1) is 19.2. The highest BCUT2D eigenvalue weighted by Crippen LogP contribution is 2.27. The highest BCUT2D eigenvalue weighted by atomic mass is 35.5. The summed E-state index contributed by atoms with van der Waals surface area (Å²) in [7, 11) is 1.35. The molecular formula is C15H22ClN3O4. The number of hydrogen-bond donors (Lipinski definition) is 2. The Morgan fingerprint density at radius 2 is 2.26 bits per heavy atom. The van der Waals surface area contributed by atoms with E-state index in [1.165, 1.54) is 25.3 Å². The fourth-order valence-corrected chi connectivity index (χ4v) is 2.68. The summed E-state index contributed by atoms with van der Waals surface area (Å²) in [6.45, 7) is 3.90. The third kappa shape index (κ3) is 4.80. The summed E-state index contributed by atoms with van der Waals surface area (Å²) in [6.07, 6.45) is 2.19. The zero-order chi connectivity index (χ0) is 16.1. The minimum absolute atomic E-state index is 0. The van der Waals surface area contributed by atoms with E-state index in [1.54, 1.807) is 0 Å². The Balaban J connectivity index is 0.00000264. The Labute approximate surface area is 141 Å². The molecule has 1 aromatic carbocycles. The van der Waals surface area contributed by atoms with Crippen molar-refractivity contribution < 1.29 is 14.5 Å². The number of carbonyl (C=O) groups is 1. The molecule has 1 saturated heterocycles. The van der Waals surface area contributed by atoms with Gasteiger partial charge in [-0.1, -0.05) is 0 Å². The molecule has 2 unspecified atom stereocenters. The molecule has 0 aliphatic carbocycles. The second kappa shape index (κ2) is 8.69. The number of hydrogen-bond acceptors (Lipinski definition) is 5. The van der Waals surface area contributed by atoms with E-state index in [4.69, 9.17) is 4.74 Å². The lowest BCUT2D eigenvalue weighted by Gasteiger charge is -2.29. The highest BCUT2D eigenvalue weighted by Gasteiger charge is 2.23. The Morgan fingerprint density at radius 1 is 1.52 bits per heavy atom. The van der Waals surface area contributed by atoms with Gasteiger partial charge in [0.25, 0.3) is 5.91 Å². The van der Waals surface area contributed by atoms with Crippen molar-refractivity contribution in [2.45, 2.75) is 25.8 Å². The highest BCUT2D eigenvalue weighted by molar-refractivity contribution is 5.95. The third-order valence-electron chi connectivity index (χ3n) is 4.04. The number of nitrogens with one attached hydrogen (secondary N) is 2. The van der Waals surface area contributed by atoms with E-state index in [0.717, 1.165) is 25.9 Å². The summed E-state index contributed by atoms with van der Waals surface area (Å²) in [4.78, 5) is 22.6. The third-order valence-corrected chi connectivity index (χ3v) is 4.04. The lowest BCUT2D eigenvalue weighted by atomic mass is 9.92. The quantitative estimate of drug-likeness (QED) is 0.631. The number of nitrogens with zero attached hydrogens (tertiary/aromatic N) is 1. The van der Waals surface area contributed by atoms with Crippen molar-refractivity contribution in [3.8, 4) is 5.75 Å². The molecule has 1 aliphatic heterocycles. The van der Waals surface area contributed by atoms with Gasteiger partial charge in [0.1, 0.15) is 0 Å². The number of halogens is 1. The molecule has 2 rings (SSSR count). The van der Waals surface area contributed by atoms with E-state index in [2.05, 4.69) is 10.6 Å². The topological polar surface area (TPSA) is 93.5 Å². The van der Waals surface area contributed by atoms with E-state index in [1.807, 2.05) is 6.92 Å². The van der Waals surface area contributed by atoms with Gasteiger partial charge in [0.15, 0.2) is 5.75 Å². The fourth-order valence-electron chi connectivity index (χ4n) is 2.68. The molecule has 7 nitrogen and oxygen atoms in total. The van der Waals surface area contributed by atoms with Crippen LogP contribution in [0.1, 0.15) is 30.1 Å². The SMILES string of the molecule is COc1cc(C(=O)NC(C)C2CCCNC2)ccc1[N+](=O)[O-].Cl. The van der Waals surface area contributed by atoms with Gasteiger partial charge in [-0.05, 0) is 44.8 Å². The number of piperidine rings is 1. The van der Waals surface area contributed by atoms with Crippen LogP contribution in [0.3, 0.4) is 0 Å². The number of carbonyl (C=O) groups excluding carboxylic acids is 1. The first-order valence-electron chi connectivity index (χ1n) is 7.37. The second-order valence-corrected chi connectivity index (χ2v) is 5.51. The smallest absolute Gasteiger partial charge is 0.310 e. The summed E-state index contributed by atoms with van der Waals surface area (Å²) in [5, 5.41) is 17.1. The van der Waals surface area contributed by atoms with Crippen molar-refractivity contribution in [1.82, 2.24) is 10.6 Å². The molecule has 0 aromatic heterocycles. The van der Waals surface area contributed by atoms with Gasteiger partial charge in [0.2, 0.25) is 0 Å².